The second kappa shape index (κ2) is 7.30. The fraction of sp³-hybridized carbons (Fsp3) is 0.889. The van der Waals surface area contributed by atoms with E-state index in [0.29, 0.717) is 26.1 Å². The van der Waals surface area contributed by atoms with Crippen LogP contribution in [0.5, 0.6) is 0 Å². The van der Waals surface area contributed by atoms with Gasteiger partial charge in [-0.25, -0.2) is 4.79 Å². The molecule has 1 aliphatic heterocycles. The van der Waals surface area contributed by atoms with Crippen LogP contribution in [-0.4, -0.2) is 67.7 Å². The van der Waals surface area contributed by atoms with Gasteiger partial charge in [-0.3, -0.25) is 4.79 Å². The normalized spacial score (nSPS) is 22.0. The van der Waals surface area contributed by atoms with Crippen molar-refractivity contribution in [2.24, 2.45) is 10.8 Å². The van der Waals surface area contributed by atoms with Gasteiger partial charge in [-0.15, -0.1) is 0 Å². The SMILES string of the molecule is CN(C)CC(C)(C)CNC(=O)[C@@]1(C)CCN(C(=O)OC(C)(C)C)C1. The minimum absolute atomic E-state index is 0.00102. The maximum atomic E-state index is 12.6. The van der Waals surface area contributed by atoms with Crippen LogP contribution in [0.15, 0.2) is 0 Å². The summed E-state index contributed by atoms with van der Waals surface area (Å²) in [7, 11) is 4.06. The minimum Gasteiger partial charge on any atom is -0.444 e. The molecule has 0 aromatic rings. The van der Waals surface area contributed by atoms with Crippen molar-refractivity contribution in [1.82, 2.24) is 15.1 Å². The molecule has 0 spiro atoms. The fourth-order valence-corrected chi connectivity index (χ4v) is 3.07. The van der Waals surface area contributed by atoms with Crippen LogP contribution in [0.2, 0.25) is 0 Å². The summed E-state index contributed by atoms with van der Waals surface area (Å²) in [5.74, 6) is 0.0142. The Bertz CT molecular complexity index is 469. The Kier molecular flexibility index (Phi) is 6.31. The van der Waals surface area contributed by atoms with E-state index in [4.69, 9.17) is 4.74 Å². The van der Waals surface area contributed by atoms with Crippen LogP contribution >= 0.6 is 0 Å². The number of carbonyl (C=O) groups excluding carboxylic acids is 2. The number of hydrogen-bond acceptors (Lipinski definition) is 4. The van der Waals surface area contributed by atoms with E-state index >= 15 is 0 Å². The molecule has 0 aromatic heterocycles. The van der Waals surface area contributed by atoms with Crippen LogP contribution in [0.4, 0.5) is 4.79 Å². The highest BCUT2D eigenvalue weighted by molar-refractivity contribution is 5.84. The average Bonchev–Trinajstić information content (AvgIpc) is 2.77. The van der Waals surface area contributed by atoms with Gasteiger partial charge in [0.25, 0.3) is 0 Å². The number of carbonyl (C=O) groups is 2. The van der Waals surface area contributed by atoms with Gasteiger partial charge in [-0.1, -0.05) is 13.8 Å². The lowest BCUT2D eigenvalue weighted by Crippen LogP contribution is -2.47. The first-order chi connectivity index (χ1) is 10.7. The smallest absolute Gasteiger partial charge is 0.410 e. The first-order valence-corrected chi connectivity index (χ1v) is 8.65. The van der Waals surface area contributed by atoms with E-state index in [9.17, 15) is 9.59 Å². The molecule has 0 saturated carbocycles. The topological polar surface area (TPSA) is 61.9 Å². The van der Waals surface area contributed by atoms with Crippen molar-refractivity contribution >= 4 is 12.0 Å². The third-order valence-electron chi connectivity index (χ3n) is 4.14. The van der Waals surface area contributed by atoms with Crippen LogP contribution in [0.1, 0.15) is 48.0 Å². The van der Waals surface area contributed by atoms with E-state index in [1.165, 1.54) is 0 Å². The Balaban J connectivity index is 2.58. The Labute approximate surface area is 146 Å². The molecule has 1 saturated heterocycles. The molecule has 0 radical (unpaired) electrons. The third-order valence-corrected chi connectivity index (χ3v) is 4.14. The molecule has 2 amide bonds. The Morgan fingerprint density at radius 3 is 2.29 bits per heavy atom. The molecule has 0 bridgehead atoms. The molecule has 1 rings (SSSR count). The van der Waals surface area contributed by atoms with Gasteiger partial charge in [0.1, 0.15) is 5.60 Å². The molecule has 0 aliphatic carbocycles. The van der Waals surface area contributed by atoms with E-state index in [-0.39, 0.29) is 17.4 Å². The summed E-state index contributed by atoms with van der Waals surface area (Å²) in [6.45, 7) is 14.2. The predicted octanol–water partition coefficient (Wildman–Crippen LogP) is 2.34. The van der Waals surface area contributed by atoms with Crippen molar-refractivity contribution in [1.29, 1.82) is 0 Å². The van der Waals surface area contributed by atoms with Crippen molar-refractivity contribution < 1.29 is 14.3 Å². The Morgan fingerprint density at radius 2 is 1.79 bits per heavy atom. The highest BCUT2D eigenvalue weighted by Crippen LogP contribution is 2.31. The molecular formula is C18H35N3O3. The van der Waals surface area contributed by atoms with Gasteiger partial charge in [0.15, 0.2) is 0 Å². The number of amides is 2. The third kappa shape index (κ3) is 6.30. The van der Waals surface area contributed by atoms with Gasteiger partial charge >= 0.3 is 6.09 Å². The van der Waals surface area contributed by atoms with E-state index < -0.39 is 11.0 Å². The zero-order valence-electron chi connectivity index (χ0n) is 16.7. The van der Waals surface area contributed by atoms with Crippen molar-refractivity contribution in [3.8, 4) is 0 Å². The molecule has 1 aliphatic rings. The molecular weight excluding hydrogens is 306 g/mol. The molecule has 6 heteroatoms. The van der Waals surface area contributed by atoms with Gasteiger partial charge in [0.05, 0.1) is 5.41 Å². The van der Waals surface area contributed by atoms with Gasteiger partial charge in [-0.2, -0.15) is 0 Å². The first kappa shape index (κ1) is 20.7. The van der Waals surface area contributed by atoms with Crippen molar-refractivity contribution in [2.45, 2.75) is 53.6 Å². The summed E-state index contributed by atoms with van der Waals surface area (Å²) >= 11 is 0. The van der Waals surface area contributed by atoms with Crippen LogP contribution < -0.4 is 5.32 Å². The Hall–Kier alpha value is -1.30. The van der Waals surface area contributed by atoms with E-state index in [2.05, 4.69) is 24.1 Å². The summed E-state index contributed by atoms with van der Waals surface area (Å²) in [4.78, 5) is 28.6. The molecule has 1 heterocycles. The lowest BCUT2D eigenvalue weighted by atomic mass is 9.87. The monoisotopic (exact) mass is 341 g/mol. The Morgan fingerprint density at radius 1 is 1.21 bits per heavy atom. The van der Waals surface area contributed by atoms with Gasteiger partial charge < -0.3 is 19.9 Å². The van der Waals surface area contributed by atoms with E-state index in [1.807, 2.05) is 41.8 Å². The minimum atomic E-state index is -0.550. The second-order valence-electron chi connectivity index (χ2n) is 9.30. The number of likely N-dealkylation sites (tertiary alicyclic amines) is 1. The molecule has 1 atom stereocenters. The molecule has 140 valence electrons. The standard InChI is InChI=1S/C18H35N3O3/c1-16(2,3)24-15(23)21-10-9-18(6,13-21)14(22)19-11-17(4,5)12-20(7)8/h9-13H2,1-8H3,(H,19,22)/t18-/m0/s1. The van der Waals surface area contributed by atoms with Crippen LogP contribution in [0.25, 0.3) is 0 Å². The summed E-state index contributed by atoms with van der Waals surface area (Å²) in [6, 6.07) is 0. The number of rotatable bonds is 5. The lowest BCUT2D eigenvalue weighted by molar-refractivity contribution is -0.130. The molecule has 1 fully saturated rings. The van der Waals surface area contributed by atoms with E-state index in [1.54, 1.807) is 4.90 Å². The van der Waals surface area contributed by atoms with Gasteiger partial charge in [0, 0.05) is 26.2 Å². The van der Waals surface area contributed by atoms with Gasteiger partial charge in [0.2, 0.25) is 5.91 Å². The zero-order chi connectivity index (χ0) is 18.8. The van der Waals surface area contributed by atoms with Crippen molar-refractivity contribution in [2.75, 3.05) is 40.3 Å². The molecule has 1 N–H and O–H groups in total. The second-order valence-corrected chi connectivity index (χ2v) is 9.30. The molecule has 24 heavy (non-hydrogen) atoms. The summed E-state index contributed by atoms with van der Waals surface area (Å²) in [6.07, 6.45) is 0.318. The highest BCUT2D eigenvalue weighted by atomic mass is 16.6. The number of ether oxygens (including phenoxy) is 1. The quantitative estimate of drug-likeness (QED) is 0.834. The van der Waals surface area contributed by atoms with Crippen LogP contribution in [0, 0.1) is 10.8 Å². The van der Waals surface area contributed by atoms with Crippen LogP contribution in [-0.2, 0) is 9.53 Å². The summed E-state index contributed by atoms with van der Waals surface area (Å²) in [5.41, 5.74) is -1.07. The highest BCUT2D eigenvalue weighted by Gasteiger charge is 2.43. The zero-order valence-corrected chi connectivity index (χ0v) is 16.7. The van der Waals surface area contributed by atoms with Crippen molar-refractivity contribution in [3.05, 3.63) is 0 Å². The molecule has 0 unspecified atom stereocenters. The van der Waals surface area contributed by atoms with E-state index in [0.717, 1.165) is 6.54 Å². The van der Waals surface area contributed by atoms with Gasteiger partial charge in [-0.05, 0) is 53.6 Å². The number of nitrogens with one attached hydrogen (secondary N) is 1. The average molecular weight is 341 g/mol. The molecule has 6 nitrogen and oxygen atoms in total. The summed E-state index contributed by atoms with van der Waals surface area (Å²) < 4.78 is 5.40. The largest absolute Gasteiger partial charge is 0.444 e. The van der Waals surface area contributed by atoms with Crippen molar-refractivity contribution in [3.63, 3.8) is 0 Å². The lowest BCUT2D eigenvalue weighted by Gasteiger charge is -2.31. The molecule has 0 aromatic carbocycles. The first-order valence-electron chi connectivity index (χ1n) is 8.65. The number of nitrogens with zero attached hydrogens (tertiary/aromatic N) is 2. The predicted molar refractivity (Wildman–Crippen MR) is 95.9 cm³/mol. The van der Waals surface area contributed by atoms with Crippen LogP contribution in [0.3, 0.4) is 0 Å². The number of hydrogen-bond donors (Lipinski definition) is 1. The maximum absolute atomic E-state index is 12.6. The summed E-state index contributed by atoms with van der Waals surface area (Å²) in [5, 5.41) is 3.07. The fourth-order valence-electron chi connectivity index (χ4n) is 3.07. The maximum Gasteiger partial charge on any atom is 0.410 e.